The average molecular weight is 491 g/mol. The van der Waals surface area contributed by atoms with Gasteiger partial charge in [0.05, 0.1) is 12.0 Å². The van der Waals surface area contributed by atoms with Crippen molar-refractivity contribution in [3.63, 3.8) is 0 Å². The number of nitrogens with zero attached hydrogens (tertiary/aromatic N) is 5. The van der Waals surface area contributed by atoms with Gasteiger partial charge in [-0.15, -0.1) is 0 Å². The van der Waals surface area contributed by atoms with Crippen molar-refractivity contribution in [2.24, 2.45) is 0 Å². The summed E-state index contributed by atoms with van der Waals surface area (Å²) in [5.74, 6) is -0.181. The molecule has 0 radical (unpaired) electrons. The van der Waals surface area contributed by atoms with Gasteiger partial charge < -0.3 is 24.4 Å². The Hall–Kier alpha value is -3.46. The Bertz CT molecular complexity index is 1280. The summed E-state index contributed by atoms with van der Waals surface area (Å²) in [6, 6.07) is 8.45. The van der Waals surface area contributed by atoms with Crippen molar-refractivity contribution >= 4 is 34.3 Å². The van der Waals surface area contributed by atoms with E-state index in [1.165, 1.54) is 18.3 Å². The lowest BCUT2D eigenvalue weighted by atomic mass is 9.95. The Morgan fingerprint density at radius 1 is 1.08 bits per heavy atom. The second-order valence-electron chi connectivity index (χ2n) is 9.68. The number of pyridine rings is 1. The third-order valence-electron chi connectivity index (χ3n) is 7.23. The molecule has 2 fully saturated rings. The van der Waals surface area contributed by atoms with Crippen molar-refractivity contribution in [3.8, 4) is 0 Å². The minimum Gasteiger partial charge on any atom is -0.462 e. The summed E-state index contributed by atoms with van der Waals surface area (Å²) in [6.45, 7) is 6.11. The van der Waals surface area contributed by atoms with Gasteiger partial charge in [0.25, 0.3) is 0 Å². The van der Waals surface area contributed by atoms with Crippen molar-refractivity contribution in [3.05, 3.63) is 52.4 Å². The molecule has 1 saturated heterocycles. The van der Waals surface area contributed by atoms with E-state index < -0.39 is 11.4 Å². The van der Waals surface area contributed by atoms with Gasteiger partial charge in [-0.2, -0.15) is 4.98 Å². The number of benzene rings is 1. The van der Waals surface area contributed by atoms with Crippen LogP contribution in [0.1, 0.15) is 55.4 Å². The standard InChI is InChI=1S/C27H34N6O3/c1-3-36-26(35)23-18-33(21-7-5-4-6-8-21)25-22(24(23)34)17-28-27(30-25)29-19-9-11-20(12-10-19)32-15-13-31(2)14-16-32/h9-12,17-18,21H,3-8,13-16H2,1-2H3,(H,28,29,30). The highest BCUT2D eigenvalue weighted by atomic mass is 16.5. The molecule has 0 atom stereocenters. The van der Waals surface area contributed by atoms with E-state index in [0.717, 1.165) is 57.5 Å². The van der Waals surface area contributed by atoms with E-state index in [2.05, 4.69) is 39.3 Å². The molecule has 0 spiro atoms. The molecule has 0 bridgehead atoms. The van der Waals surface area contributed by atoms with Crippen LogP contribution in [0.25, 0.3) is 11.0 Å². The number of carbonyl (C=O) groups is 1. The minimum atomic E-state index is -0.600. The summed E-state index contributed by atoms with van der Waals surface area (Å²) < 4.78 is 7.14. The maximum absolute atomic E-state index is 13.1. The van der Waals surface area contributed by atoms with Gasteiger partial charge in [0.1, 0.15) is 11.2 Å². The number of rotatable bonds is 6. The lowest BCUT2D eigenvalue weighted by Crippen LogP contribution is -2.44. The quantitative estimate of drug-likeness (QED) is 0.519. The number of ether oxygens (including phenoxy) is 1. The number of aromatic nitrogens is 3. The molecule has 5 rings (SSSR count). The molecular weight excluding hydrogens is 456 g/mol. The summed E-state index contributed by atoms with van der Waals surface area (Å²) >= 11 is 0. The molecule has 1 aromatic carbocycles. The van der Waals surface area contributed by atoms with Gasteiger partial charge in [0, 0.05) is 56.0 Å². The van der Waals surface area contributed by atoms with Crippen LogP contribution in [0.15, 0.2) is 41.5 Å². The number of piperazine rings is 1. The predicted molar refractivity (Wildman–Crippen MR) is 141 cm³/mol. The zero-order chi connectivity index (χ0) is 25.1. The van der Waals surface area contributed by atoms with Crippen LogP contribution in [0.3, 0.4) is 0 Å². The molecule has 190 valence electrons. The largest absolute Gasteiger partial charge is 0.462 e. The number of hydrogen-bond donors (Lipinski definition) is 1. The van der Waals surface area contributed by atoms with E-state index in [1.54, 1.807) is 13.1 Å². The van der Waals surface area contributed by atoms with E-state index in [-0.39, 0.29) is 18.2 Å². The molecule has 0 amide bonds. The maximum Gasteiger partial charge on any atom is 0.343 e. The van der Waals surface area contributed by atoms with Gasteiger partial charge in [-0.3, -0.25) is 4.79 Å². The molecular formula is C27H34N6O3. The van der Waals surface area contributed by atoms with Crippen LogP contribution in [0.5, 0.6) is 0 Å². The summed E-state index contributed by atoms with van der Waals surface area (Å²) in [6.07, 6.45) is 8.56. The fourth-order valence-corrected chi connectivity index (χ4v) is 5.14. The van der Waals surface area contributed by atoms with Gasteiger partial charge in [0.15, 0.2) is 0 Å². The number of nitrogens with one attached hydrogen (secondary N) is 1. The van der Waals surface area contributed by atoms with Crippen molar-refractivity contribution in [2.45, 2.75) is 45.1 Å². The lowest BCUT2D eigenvalue weighted by molar-refractivity contribution is 0.0524. The normalized spacial score (nSPS) is 17.3. The summed E-state index contributed by atoms with van der Waals surface area (Å²) in [4.78, 5) is 39.5. The van der Waals surface area contributed by atoms with Gasteiger partial charge in [-0.25, -0.2) is 9.78 Å². The number of esters is 1. The van der Waals surface area contributed by atoms with Gasteiger partial charge in [-0.05, 0) is 51.1 Å². The number of anilines is 3. The van der Waals surface area contributed by atoms with Crippen LogP contribution < -0.4 is 15.6 Å². The fourth-order valence-electron chi connectivity index (χ4n) is 5.14. The maximum atomic E-state index is 13.1. The fraction of sp³-hybridized carbons (Fsp3) is 0.481. The van der Waals surface area contributed by atoms with Gasteiger partial charge in [-0.1, -0.05) is 19.3 Å². The topological polar surface area (TPSA) is 92.6 Å². The number of likely N-dealkylation sites (N-methyl/N-ethyl adjacent to an activating group) is 1. The van der Waals surface area contributed by atoms with E-state index >= 15 is 0 Å². The summed E-state index contributed by atoms with van der Waals surface area (Å²) in [5.41, 5.74) is 2.27. The first-order valence-corrected chi connectivity index (χ1v) is 12.9. The van der Waals surface area contributed by atoms with Crippen LogP contribution in [-0.2, 0) is 4.74 Å². The Labute approximate surface area is 211 Å². The van der Waals surface area contributed by atoms with Crippen molar-refractivity contribution in [1.29, 1.82) is 0 Å². The molecule has 36 heavy (non-hydrogen) atoms. The van der Waals surface area contributed by atoms with Crippen LogP contribution in [0.2, 0.25) is 0 Å². The predicted octanol–water partition coefficient (Wildman–Crippen LogP) is 3.97. The van der Waals surface area contributed by atoms with Crippen LogP contribution in [-0.4, -0.2) is 65.2 Å². The highest BCUT2D eigenvalue weighted by Gasteiger charge is 2.23. The third-order valence-corrected chi connectivity index (χ3v) is 7.23. The zero-order valence-electron chi connectivity index (χ0n) is 21.1. The minimum absolute atomic E-state index is 0.0405. The lowest BCUT2D eigenvalue weighted by Gasteiger charge is -2.34. The van der Waals surface area contributed by atoms with E-state index in [9.17, 15) is 9.59 Å². The molecule has 3 heterocycles. The van der Waals surface area contributed by atoms with Crippen LogP contribution in [0.4, 0.5) is 17.3 Å². The van der Waals surface area contributed by atoms with E-state index in [1.807, 2.05) is 16.7 Å². The van der Waals surface area contributed by atoms with Gasteiger partial charge >= 0.3 is 5.97 Å². The monoisotopic (exact) mass is 490 g/mol. The molecule has 9 heteroatoms. The molecule has 1 aliphatic heterocycles. The molecule has 2 aliphatic rings. The second-order valence-corrected chi connectivity index (χ2v) is 9.68. The van der Waals surface area contributed by atoms with Crippen molar-refractivity contribution in [2.75, 3.05) is 50.1 Å². The van der Waals surface area contributed by atoms with Crippen molar-refractivity contribution < 1.29 is 9.53 Å². The number of fused-ring (bicyclic) bond motifs is 1. The smallest absolute Gasteiger partial charge is 0.343 e. The van der Waals surface area contributed by atoms with E-state index in [4.69, 9.17) is 9.72 Å². The Morgan fingerprint density at radius 2 is 1.81 bits per heavy atom. The third kappa shape index (κ3) is 5.06. The highest BCUT2D eigenvalue weighted by Crippen LogP contribution is 2.30. The second kappa shape index (κ2) is 10.7. The van der Waals surface area contributed by atoms with Gasteiger partial charge in [0.2, 0.25) is 11.4 Å². The first kappa shape index (κ1) is 24.2. The molecule has 0 unspecified atom stereocenters. The molecule has 2 aromatic heterocycles. The molecule has 1 N–H and O–H groups in total. The molecule has 1 aliphatic carbocycles. The Morgan fingerprint density at radius 3 is 2.50 bits per heavy atom. The first-order valence-electron chi connectivity index (χ1n) is 12.9. The first-order chi connectivity index (χ1) is 17.5. The molecule has 9 nitrogen and oxygen atoms in total. The number of hydrogen-bond acceptors (Lipinski definition) is 8. The number of carbonyl (C=O) groups excluding carboxylic acids is 1. The summed E-state index contributed by atoms with van der Waals surface area (Å²) in [7, 11) is 2.15. The van der Waals surface area contributed by atoms with E-state index in [0.29, 0.717) is 17.0 Å². The van der Waals surface area contributed by atoms with Crippen LogP contribution in [0, 0.1) is 0 Å². The highest BCUT2D eigenvalue weighted by molar-refractivity contribution is 5.93. The Kier molecular flexibility index (Phi) is 7.18. The molecule has 1 saturated carbocycles. The molecule has 3 aromatic rings. The SMILES string of the molecule is CCOC(=O)c1cn(C2CCCCC2)c2nc(Nc3ccc(N4CCN(C)CC4)cc3)ncc2c1=O. The Balaban J connectivity index is 1.45. The zero-order valence-corrected chi connectivity index (χ0v) is 21.1. The average Bonchev–Trinajstić information content (AvgIpc) is 2.90. The van der Waals surface area contributed by atoms with Crippen molar-refractivity contribution in [1.82, 2.24) is 19.4 Å². The van der Waals surface area contributed by atoms with Crippen LogP contribution >= 0.6 is 0 Å². The summed E-state index contributed by atoms with van der Waals surface area (Å²) in [5, 5.41) is 3.62.